The second kappa shape index (κ2) is 7.00. The van der Waals surface area contributed by atoms with Crippen molar-refractivity contribution in [1.82, 2.24) is 25.3 Å². The van der Waals surface area contributed by atoms with Gasteiger partial charge in [-0.1, -0.05) is 18.2 Å². The Kier molecular flexibility index (Phi) is 4.06. The summed E-state index contributed by atoms with van der Waals surface area (Å²) >= 11 is 0. The Morgan fingerprint density at radius 3 is 2.55 bits per heavy atom. The molecule has 29 heavy (non-hydrogen) atoms. The van der Waals surface area contributed by atoms with Crippen LogP contribution in [-0.4, -0.2) is 31.5 Å². The number of hydrazone groups is 1. The first-order valence-electron chi connectivity index (χ1n) is 8.64. The fraction of sp³-hybridized carbons (Fsp3) is 0. The minimum atomic E-state index is -0.334. The van der Waals surface area contributed by atoms with Crippen LogP contribution in [-0.2, 0) is 0 Å². The van der Waals surface area contributed by atoms with Crippen LogP contribution in [0.15, 0.2) is 64.5 Å². The molecule has 0 saturated carbocycles. The molecular formula is C19H13FN8O. The van der Waals surface area contributed by atoms with Gasteiger partial charge >= 0.3 is 0 Å². The Morgan fingerprint density at radius 1 is 0.966 bits per heavy atom. The van der Waals surface area contributed by atoms with Crippen molar-refractivity contribution >= 4 is 45.7 Å². The predicted molar refractivity (Wildman–Crippen MR) is 107 cm³/mol. The molecule has 10 heteroatoms. The van der Waals surface area contributed by atoms with Crippen LogP contribution in [0, 0.1) is 5.82 Å². The summed E-state index contributed by atoms with van der Waals surface area (Å²) < 4.78 is 17.8. The topological polar surface area (TPSA) is 117 Å². The molecule has 0 amide bonds. The molecule has 0 aliphatic carbocycles. The van der Waals surface area contributed by atoms with Gasteiger partial charge in [0.25, 0.3) is 0 Å². The lowest BCUT2D eigenvalue weighted by Gasteiger charge is -2.09. The third-order valence-electron chi connectivity index (χ3n) is 4.22. The molecule has 3 aromatic heterocycles. The maximum absolute atomic E-state index is 13.2. The monoisotopic (exact) mass is 388 g/mol. The van der Waals surface area contributed by atoms with Crippen molar-refractivity contribution in [1.29, 1.82) is 0 Å². The summed E-state index contributed by atoms with van der Waals surface area (Å²) in [7, 11) is 0. The largest absolute Gasteiger partial charge is 0.361 e. The van der Waals surface area contributed by atoms with Gasteiger partial charge in [0.05, 0.1) is 6.21 Å². The van der Waals surface area contributed by atoms with Gasteiger partial charge in [-0.05, 0) is 40.6 Å². The summed E-state index contributed by atoms with van der Waals surface area (Å²) in [6.07, 6.45) is 3.54. The van der Waals surface area contributed by atoms with Crippen LogP contribution in [0.5, 0.6) is 0 Å². The van der Waals surface area contributed by atoms with Gasteiger partial charge in [-0.2, -0.15) is 10.1 Å². The van der Waals surface area contributed by atoms with Gasteiger partial charge in [0.1, 0.15) is 5.82 Å². The fourth-order valence-corrected chi connectivity index (χ4v) is 2.84. The highest BCUT2D eigenvalue weighted by atomic mass is 19.1. The summed E-state index contributed by atoms with van der Waals surface area (Å²) in [4.78, 5) is 11.9. The minimum Gasteiger partial charge on any atom is -0.361 e. The summed E-state index contributed by atoms with van der Waals surface area (Å²) in [5.74, 6) is 0.323. The molecule has 5 rings (SSSR count). The van der Waals surface area contributed by atoms with E-state index in [4.69, 9.17) is 0 Å². The molecule has 0 radical (unpaired) electrons. The van der Waals surface area contributed by atoms with Crippen molar-refractivity contribution in [2.24, 2.45) is 5.10 Å². The molecule has 142 valence electrons. The van der Waals surface area contributed by atoms with Gasteiger partial charge in [0.15, 0.2) is 11.6 Å². The van der Waals surface area contributed by atoms with E-state index >= 15 is 0 Å². The standard InChI is InChI=1S/C19H13FN8O/c20-12-5-7-13(8-6-12)23-16-17(25-19-18(24-16)27-29-28-19)26-22-10-11-9-21-15-4-2-1-3-14(11)15/h1-10,21H,(H,23,24,27)(H,25,26,28)/b22-10+. The number of benzene rings is 2. The summed E-state index contributed by atoms with van der Waals surface area (Å²) in [6.45, 7) is 0. The van der Waals surface area contributed by atoms with E-state index < -0.39 is 0 Å². The van der Waals surface area contributed by atoms with Crippen LogP contribution in [0.1, 0.15) is 5.56 Å². The van der Waals surface area contributed by atoms with E-state index in [0.29, 0.717) is 17.3 Å². The summed E-state index contributed by atoms with van der Waals surface area (Å²) in [6, 6.07) is 13.8. The van der Waals surface area contributed by atoms with Crippen LogP contribution in [0.2, 0.25) is 0 Å². The molecule has 3 heterocycles. The van der Waals surface area contributed by atoms with E-state index in [2.05, 4.69) is 45.7 Å². The van der Waals surface area contributed by atoms with Crippen LogP contribution in [0.3, 0.4) is 0 Å². The van der Waals surface area contributed by atoms with Gasteiger partial charge in [0, 0.05) is 28.4 Å². The molecule has 5 aromatic rings. The average molecular weight is 388 g/mol. The van der Waals surface area contributed by atoms with Crippen LogP contribution >= 0.6 is 0 Å². The van der Waals surface area contributed by atoms with E-state index in [1.807, 2.05) is 30.5 Å². The molecule has 0 aliphatic rings. The van der Waals surface area contributed by atoms with Crippen LogP contribution in [0.25, 0.3) is 22.2 Å². The number of anilines is 3. The number of fused-ring (bicyclic) bond motifs is 2. The third kappa shape index (κ3) is 3.34. The lowest BCUT2D eigenvalue weighted by atomic mass is 10.2. The zero-order valence-corrected chi connectivity index (χ0v) is 14.8. The Labute approximate surface area is 162 Å². The minimum absolute atomic E-state index is 0.236. The van der Waals surface area contributed by atoms with Crippen molar-refractivity contribution in [3.63, 3.8) is 0 Å². The number of aromatic amines is 1. The van der Waals surface area contributed by atoms with Crippen LogP contribution < -0.4 is 10.7 Å². The van der Waals surface area contributed by atoms with E-state index in [1.165, 1.54) is 12.1 Å². The van der Waals surface area contributed by atoms with Gasteiger partial charge in [-0.25, -0.2) is 14.0 Å². The lowest BCUT2D eigenvalue weighted by Crippen LogP contribution is -2.03. The van der Waals surface area contributed by atoms with E-state index in [9.17, 15) is 4.39 Å². The summed E-state index contributed by atoms with van der Waals surface area (Å²) in [5, 5.41) is 15.8. The predicted octanol–water partition coefficient (Wildman–Crippen LogP) is 3.82. The smallest absolute Gasteiger partial charge is 0.245 e. The Hall–Kier alpha value is -4.34. The third-order valence-corrected chi connectivity index (χ3v) is 4.22. The maximum atomic E-state index is 13.2. The maximum Gasteiger partial charge on any atom is 0.245 e. The number of H-pyrrole nitrogens is 1. The number of rotatable bonds is 5. The molecule has 0 aliphatic heterocycles. The number of nitrogens with one attached hydrogen (secondary N) is 3. The molecule has 0 fully saturated rings. The Balaban J connectivity index is 1.45. The zero-order chi connectivity index (χ0) is 19.6. The van der Waals surface area contributed by atoms with Crippen LogP contribution in [0.4, 0.5) is 21.7 Å². The highest BCUT2D eigenvalue weighted by Gasteiger charge is 2.13. The molecule has 0 bridgehead atoms. The average Bonchev–Trinajstić information content (AvgIpc) is 3.36. The van der Waals surface area contributed by atoms with Crippen molar-refractivity contribution in [3.05, 3.63) is 66.1 Å². The second-order valence-corrected chi connectivity index (χ2v) is 6.12. The molecular weight excluding hydrogens is 375 g/mol. The lowest BCUT2D eigenvalue weighted by molar-refractivity contribution is 0.314. The van der Waals surface area contributed by atoms with Gasteiger partial charge in [-0.15, -0.1) is 0 Å². The SMILES string of the molecule is Fc1ccc(Nc2nc3nonc3nc2N/N=C/c2c[nH]c3ccccc23)cc1. The quantitative estimate of drug-likeness (QED) is 0.309. The Bertz CT molecular complexity index is 1330. The first-order valence-corrected chi connectivity index (χ1v) is 8.64. The van der Waals surface area contributed by atoms with Crippen molar-refractivity contribution in [3.8, 4) is 0 Å². The highest BCUT2D eigenvalue weighted by Crippen LogP contribution is 2.24. The number of halogens is 1. The second-order valence-electron chi connectivity index (χ2n) is 6.12. The number of aromatic nitrogens is 5. The van der Waals surface area contributed by atoms with Gasteiger partial charge in [0.2, 0.25) is 11.3 Å². The highest BCUT2D eigenvalue weighted by molar-refractivity contribution is 5.99. The molecule has 0 spiro atoms. The first kappa shape index (κ1) is 16.8. The van der Waals surface area contributed by atoms with Crippen molar-refractivity contribution in [2.75, 3.05) is 10.7 Å². The van der Waals surface area contributed by atoms with E-state index in [0.717, 1.165) is 16.5 Å². The van der Waals surface area contributed by atoms with E-state index in [1.54, 1.807) is 18.3 Å². The molecule has 2 aromatic carbocycles. The van der Waals surface area contributed by atoms with E-state index in [-0.39, 0.29) is 17.1 Å². The number of para-hydroxylation sites is 1. The molecule has 0 saturated heterocycles. The number of hydrogen-bond donors (Lipinski definition) is 3. The number of hydrogen-bond acceptors (Lipinski definition) is 8. The zero-order valence-electron chi connectivity index (χ0n) is 14.8. The fourth-order valence-electron chi connectivity index (χ4n) is 2.84. The van der Waals surface area contributed by atoms with Gasteiger partial charge < -0.3 is 10.3 Å². The molecule has 0 unspecified atom stereocenters. The summed E-state index contributed by atoms with van der Waals surface area (Å²) in [5.41, 5.74) is 5.89. The first-order chi connectivity index (χ1) is 14.3. The van der Waals surface area contributed by atoms with Crippen molar-refractivity contribution < 1.29 is 9.02 Å². The molecule has 9 nitrogen and oxygen atoms in total. The van der Waals surface area contributed by atoms with Gasteiger partial charge in [-0.3, -0.25) is 5.43 Å². The molecule has 3 N–H and O–H groups in total. The molecule has 0 atom stereocenters. The normalized spacial score (nSPS) is 11.5. The number of nitrogens with zero attached hydrogens (tertiary/aromatic N) is 5. The Morgan fingerprint density at radius 2 is 1.72 bits per heavy atom. The van der Waals surface area contributed by atoms with Crippen molar-refractivity contribution in [2.45, 2.75) is 0 Å².